The summed E-state index contributed by atoms with van der Waals surface area (Å²) in [4.78, 5) is 7.41. The van der Waals surface area contributed by atoms with Gasteiger partial charge in [-0.1, -0.05) is 6.92 Å². The van der Waals surface area contributed by atoms with Gasteiger partial charge < -0.3 is 15.0 Å². The minimum Gasteiger partial charge on any atom is -0.452 e. The molecule has 3 aliphatic rings. The summed E-state index contributed by atoms with van der Waals surface area (Å²) < 4.78 is 37.0. The van der Waals surface area contributed by atoms with Gasteiger partial charge in [0, 0.05) is 58.3 Å². The fourth-order valence-corrected chi connectivity index (χ4v) is 7.73. The average Bonchev–Trinajstić information content (AvgIpc) is 2.87. The molecule has 1 unspecified atom stereocenters. The number of likely N-dealkylation sites (N-methyl/N-ethyl adjacent to an activating group) is 3. The van der Waals surface area contributed by atoms with Crippen molar-refractivity contribution < 1.29 is 13.2 Å². The van der Waals surface area contributed by atoms with Gasteiger partial charge in [0.2, 0.25) is 15.4 Å². The van der Waals surface area contributed by atoms with Gasteiger partial charge in [-0.3, -0.25) is 0 Å². The highest BCUT2D eigenvalue weighted by Gasteiger charge is 2.38. The Hall–Kier alpha value is -2.75. The minimum atomic E-state index is -3.51. The molecule has 0 spiro atoms. The summed E-state index contributed by atoms with van der Waals surface area (Å²) in [5.74, 6) is 1.79. The first-order valence-electron chi connectivity index (χ1n) is 14.3. The van der Waals surface area contributed by atoms with E-state index in [1.165, 1.54) is 15.6 Å². The number of anilines is 1. The van der Waals surface area contributed by atoms with Crippen molar-refractivity contribution in [2.45, 2.75) is 65.0 Å². The Bertz CT molecular complexity index is 1620. The van der Waals surface area contributed by atoms with Crippen molar-refractivity contribution in [1.29, 1.82) is 0 Å². The van der Waals surface area contributed by atoms with E-state index in [0.29, 0.717) is 24.8 Å². The number of ether oxygens (including phenoxy) is 1. The highest BCUT2D eigenvalue weighted by atomic mass is 32.2. The second-order valence-electron chi connectivity index (χ2n) is 12.7. The third kappa shape index (κ3) is 4.86. The third-order valence-electron chi connectivity index (χ3n) is 8.92. The Morgan fingerprint density at radius 1 is 1.18 bits per heavy atom. The molecule has 0 amide bonds. The molecule has 0 aromatic heterocycles. The van der Waals surface area contributed by atoms with Gasteiger partial charge in [0.15, 0.2) is 17.0 Å². The summed E-state index contributed by atoms with van der Waals surface area (Å²) in [5.41, 5.74) is 4.68. The fourth-order valence-electron chi connectivity index (χ4n) is 6.51. The van der Waals surface area contributed by atoms with Gasteiger partial charge in [0.1, 0.15) is 17.6 Å². The second kappa shape index (κ2) is 9.96. The Balaban J connectivity index is 1.65. The molecule has 0 saturated heterocycles. The largest absolute Gasteiger partial charge is 0.452 e. The Morgan fingerprint density at radius 2 is 1.90 bits per heavy atom. The molecule has 0 aliphatic carbocycles. The molecule has 1 atom stereocenters. The quantitative estimate of drug-likeness (QED) is 0.442. The van der Waals surface area contributed by atoms with Crippen molar-refractivity contribution in [1.82, 2.24) is 14.2 Å². The summed E-state index contributed by atoms with van der Waals surface area (Å²) in [6, 6.07) is 8.36. The standard InChI is InChI=1S/C31H44N5O3S/c1-10-36-27-16-29-25(14-23(27)21(18-31(36,5)6)19-40(37,38)34(8)12-11-32-7)33-24-13-22-20(2)17-30(3,4)35(9)26(22)15-28(24)39-29/h13-16,18,20,32H,10-12,17,19H2,1-9H3/q+1. The lowest BCUT2D eigenvalue weighted by Gasteiger charge is -2.45. The van der Waals surface area contributed by atoms with E-state index >= 15 is 0 Å². The van der Waals surface area contributed by atoms with Crippen molar-refractivity contribution >= 4 is 27.0 Å². The van der Waals surface area contributed by atoms with E-state index in [-0.39, 0.29) is 16.8 Å². The summed E-state index contributed by atoms with van der Waals surface area (Å²) >= 11 is 0. The van der Waals surface area contributed by atoms with Crippen LogP contribution in [-0.2, 0) is 10.0 Å². The molecule has 216 valence electrons. The van der Waals surface area contributed by atoms with E-state index in [1.54, 1.807) is 7.05 Å². The number of nitrogens with one attached hydrogen (secondary N) is 1. The highest BCUT2D eigenvalue weighted by molar-refractivity contribution is 7.89. The first-order chi connectivity index (χ1) is 18.7. The molecule has 2 aromatic rings. The zero-order chi connectivity index (χ0) is 29.2. The molecule has 2 aromatic carbocycles. The van der Waals surface area contributed by atoms with Gasteiger partial charge in [0.25, 0.3) is 0 Å². The zero-order valence-corrected chi connectivity index (χ0v) is 26.2. The summed E-state index contributed by atoms with van der Waals surface area (Å²) in [5, 5.41) is 4.73. The molecular weight excluding hydrogens is 522 g/mol. The highest BCUT2D eigenvalue weighted by Crippen LogP contribution is 2.48. The second-order valence-corrected chi connectivity index (χ2v) is 14.7. The van der Waals surface area contributed by atoms with Crippen molar-refractivity contribution in [2.75, 3.05) is 51.4 Å². The molecular formula is C31H44N5O3S+. The number of rotatable bonds is 7. The maximum atomic E-state index is 13.4. The van der Waals surface area contributed by atoms with Gasteiger partial charge in [0.05, 0.1) is 17.4 Å². The molecule has 0 bridgehead atoms. The van der Waals surface area contributed by atoms with E-state index in [4.69, 9.17) is 9.73 Å². The van der Waals surface area contributed by atoms with E-state index in [2.05, 4.69) is 81.6 Å². The molecule has 5 rings (SSSR count). The zero-order valence-electron chi connectivity index (χ0n) is 25.4. The molecule has 0 fully saturated rings. The van der Waals surface area contributed by atoms with Crippen LogP contribution < -0.4 is 30.2 Å². The van der Waals surface area contributed by atoms with Crippen molar-refractivity contribution in [3.05, 3.63) is 52.2 Å². The molecule has 0 saturated carbocycles. The van der Waals surface area contributed by atoms with Crippen molar-refractivity contribution in [2.24, 2.45) is 4.99 Å². The average molecular weight is 567 g/mol. The molecule has 3 aliphatic heterocycles. The normalized spacial score (nSPS) is 20.6. The monoisotopic (exact) mass is 566 g/mol. The maximum Gasteiger partial charge on any atom is 0.218 e. The predicted octanol–water partition coefficient (Wildman–Crippen LogP) is 3.63. The van der Waals surface area contributed by atoms with Crippen LogP contribution in [0.2, 0.25) is 0 Å². The van der Waals surface area contributed by atoms with Crippen LogP contribution in [0, 0.1) is 0 Å². The van der Waals surface area contributed by atoms with E-state index in [9.17, 15) is 8.42 Å². The summed E-state index contributed by atoms with van der Waals surface area (Å²) in [6.45, 7) is 15.0. The molecule has 3 heterocycles. The summed E-state index contributed by atoms with van der Waals surface area (Å²) in [6.07, 6.45) is 3.16. The predicted molar refractivity (Wildman–Crippen MR) is 163 cm³/mol. The number of hydrogen-bond acceptors (Lipinski definition) is 6. The number of benzene rings is 2. The molecule has 40 heavy (non-hydrogen) atoms. The first kappa shape index (κ1) is 28.8. The van der Waals surface area contributed by atoms with Crippen LogP contribution in [-0.4, -0.2) is 70.3 Å². The summed E-state index contributed by atoms with van der Waals surface area (Å²) in [7, 11) is 2.11. The lowest BCUT2D eigenvalue weighted by Crippen LogP contribution is -2.50. The van der Waals surface area contributed by atoms with Crippen molar-refractivity contribution in [3.8, 4) is 11.5 Å². The number of nitrogens with zero attached hydrogens (tertiary/aromatic N) is 4. The SMILES string of the molecule is CC[N+]1=c2cc3c(cc2C(CS(=O)(=O)N(C)CCNC)=CC1(C)C)=Nc1cc2c(cc1O3)N(C)C(C)(C)CC2C. The third-order valence-corrected chi connectivity index (χ3v) is 10.7. The Labute approximate surface area is 239 Å². The first-order valence-corrected chi connectivity index (χ1v) is 15.9. The van der Waals surface area contributed by atoms with Crippen LogP contribution in [0.1, 0.15) is 65.0 Å². The molecule has 9 heteroatoms. The Kier molecular flexibility index (Phi) is 7.16. The Morgan fingerprint density at radius 3 is 2.58 bits per heavy atom. The number of sulfonamides is 1. The topological polar surface area (TPSA) is 77.2 Å². The van der Waals surface area contributed by atoms with Crippen LogP contribution >= 0.6 is 0 Å². The van der Waals surface area contributed by atoms with Crippen LogP contribution in [0.15, 0.2) is 35.3 Å². The fraction of sp³-hybridized carbons (Fsp3) is 0.548. The van der Waals surface area contributed by atoms with Crippen LogP contribution in [0.3, 0.4) is 0 Å². The van der Waals surface area contributed by atoms with Gasteiger partial charge in [-0.2, -0.15) is 0 Å². The lowest BCUT2D eigenvalue weighted by molar-refractivity contribution is 0.393. The van der Waals surface area contributed by atoms with E-state index in [0.717, 1.165) is 46.3 Å². The van der Waals surface area contributed by atoms with Crippen LogP contribution in [0.25, 0.3) is 5.57 Å². The van der Waals surface area contributed by atoms with Gasteiger partial charge >= 0.3 is 0 Å². The van der Waals surface area contributed by atoms with Gasteiger partial charge in [-0.15, -0.1) is 0 Å². The maximum absolute atomic E-state index is 13.4. The van der Waals surface area contributed by atoms with Crippen LogP contribution in [0.4, 0.5) is 11.4 Å². The van der Waals surface area contributed by atoms with Gasteiger partial charge in [-0.25, -0.2) is 22.3 Å². The van der Waals surface area contributed by atoms with E-state index < -0.39 is 10.0 Å². The van der Waals surface area contributed by atoms with Crippen molar-refractivity contribution in [3.63, 3.8) is 0 Å². The number of hydrogen-bond donors (Lipinski definition) is 1. The smallest absolute Gasteiger partial charge is 0.218 e. The molecule has 1 N–H and O–H groups in total. The van der Waals surface area contributed by atoms with Crippen LogP contribution in [0.5, 0.6) is 11.5 Å². The van der Waals surface area contributed by atoms with Gasteiger partial charge in [-0.05, 0) is 69.5 Å². The number of fused-ring (bicyclic) bond motifs is 4. The van der Waals surface area contributed by atoms with E-state index in [1.807, 2.05) is 19.2 Å². The molecule has 8 nitrogen and oxygen atoms in total. The lowest BCUT2D eigenvalue weighted by atomic mass is 9.80. The minimum absolute atomic E-state index is 0.0564. The molecule has 0 radical (unpaired) electrons.